The summed E-state index contributed by atoms with van der Waals surface area (Å²) in [5.41, 5.74) is 0. The first-order valence-corrected chi connectivity index (χ1v) is 5.37. The highest BCUT2D eigenvalue weighted by Gasteiger charge is 2.05. The average molecular weight is 237 g/mol. The van der Waals surface area contributed by atoms with Crippen molar-refractivity contribution >= 4 is 45.9 Å². The second-order valence-corrected chi connectivity index (χ2v) is 5.18. The SMILES string of the molecule is Clc1ncc(-c2cnc(Cl)s2)s1. The van der Waals surface area contributed by atoms with Gasteiger partial charge in [-0.05, 0) is 0 Å². The zero-order chi connectivity index (χ0) is 8.55. The lowest BCUT2D eigenvalue weighted by atomic mass is 10.5. The highest BCUT2D eigenvalue weighted by atomic mass is 35.5. The molecule has 6 heteroatoms. The minimum atomic E-state index is 0.537. The molecule has 12 heavy (non-hydrogen) atoms. The van der Waals surface area contributed by atoms with Crippen LogP contribution in [0, 0.1) is 0 Å². The third-order valence-corrected chi connectivity index (χ3v) is 3.62. The molecule has 0 atom stereocenters. The fourth-order valence-corrected chi connectivity index (χ4v) is 2.67. The fraction of sp³-hybridized carbons (Fsp3) is 0. The van der Waals surface area contributed by atoms with E-state index in [0.717, 1.165) is 9.75 Å². The van der Waals surface area contributed by atoms with Crippen LogP contribution in [0.4, 0.5) is 0 Å². The summed E-state index contributed by atoms with van der Waals surface area (Å²) in [6, 6.07) is 0. The van der Waals surface area contributed by atoms with E-state index in [-0.39, 0.29) is 0 Å². The normalized spacial score (nSPS) is 10.5. The van der Waals surface area contributed by atoms with Crippen molar-refractivity contribution in [1.82, 2.24) is 9.97 Å². The molecule has 0 unspecified atom stereocenters. The van der Waals surface area contributed by atoms with E-state index in [4.69, 9.17) is 23.2 Å². The van der Waals surface area contributed by atoms with Crippen molar-refractivity contribution in [3.8, 4) is 9.75 Å². The van der Waals surface area contributed by atoms with Crippen LogP contribution in [0.1, 0.15) is 0 Å². The van der Waals surface area contributed by atoms with Crippen molar-refractivity contribution < 1.29 is 0 Å². The van der Waals surface area contributed by atoms with Crippen molar-refractivity contribution in [3.05, 3.63) is 21.3 Å². The Morgan fingerprint density at radius 2 is 1.33 bits per heavy atom. The Morgan fingerprint density at radius 3 is 1.58 bits per heavy atom. The van der Waals surface area contributed by atoms with Crippen LogP contribution >= 0.6 is 45.9 Å². The maximum atomic E-state index is 5.68. The van der Waals surface area contributed by atoms with E-state index < -0.39 is 0 Å². The summed E-state index contributed by atoms with van der Waals surface area (Å²) in [4.78, 5) is 9.85. The molecule has 0 amide bonds. The van der Waals surface area contributed by atoms with Gasteiger partial charge in [0.15, 0.2) is 8.93 Å². The predicted molar refractivity (Wildman–Crippen MR) is 53.2 cm³/mol. The quantitative estimate of drug-likeness (QED) is 0.757. The number of hydrogen-bond donors (Lipinski definition) is 0. The molecule has 0 fully saturated rings. The lowest BCUT2D eigenvalue weighted by Gasteiger charge is -1.82. The van der Waals surface area contributed by atoms with Gasteiger partial charge < -0.3 is 0 Å². The van der Waals surface area contributed by atoms with Crippen LogP contribution < -0.4 is 0 Å². The summed E-state index contributed by atoms with van der Waals surface area (Å²) in [5.74, 6) is 0. The number of halogens is 2. The first-order valence-electron chi connectivity index (χ1n) is 2.99. The summed E-state index contributed by atoms with van der Waals surface area (Å²) in [5, 5.41) is 0. The number of hydrogen-bond acceptors (Lipinski definition) is 4. The summed E-state index contributed by atoms with van der Waals surface area (Å²) < 4.78 is 1.07. The largest absolute Gasteiger partial charge is 0.233 e. The number of rotatable bonds is 1. The Morgan fingerprint density at radius 1 is 0.917 bits per heavy atom. The van der Waals surface area contributed by atoms with E-state index in [1.807, 2.05) is 0 Å². The van der Waals surface area contributed by atoms with Crippen LogP contribution in [0.3, 0.4) is 0 Å². The zero-order valence-electron chi connectivity index (χ0n) is 5.62. The van der Waals surface area contributed by atoms with E-state index in [1.54, 1.807) is 12.4 Å². The second kappa shape index (κ2) is 3.30. The molecule has 0 spiro atoms. The monoisotopic (exact) mass is 236 g/mol. The smallest absolute Gasteiger partial charge is 0.184 e. The molecule has 0 saturated carbocycles. The lowest BCUT2D eigenvalue weighted by molar-refractivity contribution is 1.41. The van der Waals surface area contributed by atoms with Crippen molar-refractivity contribution in [3.63, 3.8) is 0 Å². The van der Waals surface area contributed by atoms with E-state index in [9.17, 15) is 0 Å². The molecular weight excluding hydrogens is 235 g/mol. The third-order valence-electron chi connectivity index (χ3n) is 1.20. The van der Waals surface area contributed by atoms with Gasteiger partial charge in [-0.2, -0.15) is 0 Å². The van der Waals surface area contributed by atoms with Crippen LogP contribution in [0.2, 0.25) is 8.93 Å². The topological polar surface area (TPSA) is 25.8 Å². The van der Waals surface area contributed by atoms with Gasteiger partial charge in [0.25, 0.3) is 0 Å². The highest BCUT2D eigenvalue weighted by molar-refractivity contribution is 7.25. The first-order chi connectivity index (χ1) is 5.75. The van der Waals surface area contributed by atoms with Gasteiger partial charge in [-0.15, -0.1) is 22.7 Å². The number of nitrogens with zero attached hydrogens (tertiary/aromatic N) is 2. The summed E-state index contributed by atoms with van der Waals surface area (Å²) in [7, 11) is 0. The third kappa shape index (κ3) is 1.61. The Kier molecular flexibility index (Phi) is 2.32. The van der Waals surface area contributed by atoms with Gasteiger partial charge in [0.2, 0.25) is 0 Å². The second-order valence-electron chi connectivity index (χ2n) is 1.95. The van der Waals surface area contributed by atoms with E-state index >= 15 is 0 Å². The van der Waals surface area contributed by atoms with Crippen LogP contribution in [-0.4, -0.2) is 9.97 Å². The van der Waals surface area contributed by atoms with Crippen molar-refractivity contribution in [2.75, 3.05) is 0 Å². The zero-order valence-corrected chi connectivity index (χ0v) is 8.77. The van der Waals surface area contributed by atoms with E-state index in [2.05, 4.69) is 9.97 Å². The summed E-state index contributed by atoms with van der Waals surface area (Å²) >= 11 is 14.2. The van der Waals surface area contributed by atoms with Gasteiger partial charge in [0, 0.05) is 12.4 Å². The molecule has 0 N–H and O–H groups in total. The number of aromatic nitrogens is 2. The molecule has 0 aromatic carbocycles. The molecule has 0 radical (unpaired) electrons. The van der Waals surface area contributed by atoms with Gasteiger partial charge in [-0.3, -0.25) is 0 Å². The average Bonchev–Trinajstić information content (AvgIpc) is 2.58. The molecule has 0 aliphatic heterocycles. The molecule has 2 heterocycles. The number of thiazole rings is 2. The van der Waals surface area contributed by atoms with Crippen molar-refractivity contribution in [1.29, 1.82) is 0 Å². The maximum Gasteiger partial charge on any atom is 0.184 e. The highest BCUT2D eigenvalue weighted by Crippen LogP contribution is 2.33. The van der Waals surface area contributed by atoms with E-state index in [0.29, 0.717) is 8.93 Å². The van der Waals surface area contributed by atoms with E-state index in [1.165, 1.54) is 22.7 Å². The molecule has 62 valence electrons. The Bertz CT molecular complexity index is 357. The van der Waals surface area contributed by atoms with Gasteiger partial charge >= 0.3 is 0 Å². The molecule has 0 aliphatic rings. The molecule has 0 saturated heterocycles. The fourth-order valence-electron chi connectivity index (χ4n) is 0.733. The Labute approximate surface area is 86.8 Å². The summed E-state index contributed by atoms with van der Waals surface area (Å²) in [6.07, 6.45) is 3.44. The lowest BCUT2D eigenvalue weighted by Crippen LogP contribution is -1.59. The van der Waals surface area contributed by atoms with Crippen LogP contribution in [0.25, 0.3) is 9.75 Å². The molecular formula is C6H2Cl2N2S2. The molecule has 0 bridgehead atoms. The van der Waals surface area contributed by atoms with Crippen LogP contribution in [0.15, 0.2) is 12.4 Å². The predicted octanol–water partition coefficient (Wildman–Crippen LogP) is 3.57. The van der Waals surface area contributed by atoms with Crippen LogP contribution in [-0.2, 0) is 0 Å². The molecule has 0 aliphatic carbocycles. The van der Waals surface area contributed by atoms with Gasteiger partial charge in [-0.25, -0.2) is 9.97 Å². The Balaban J connectivity index is 2.43. The summed E-state index contributed by atoms with van der Waals surface area (Å²) in [6.45, 7) is 0. The standard InChI is InChI=1S/C6H2Cl2N2S2/c7-5-9-1-3(11-5)4-2-10-6(8)12-4/h1-2H. The van der Waals surface area contributed by atoms with Crippen molar-refractivity contribution in [2.24, 2.45) is 0 Å². The molecule has 2 nitrogen and oxygen atoms in total. The van der Waals surface area contributed by atoms with Gasteiger partial charge in [0.05, 0.1) is 9.75 Å². The maximum absolute atomic E-state index is 5.68. The van der Waals surface area contributed by atoms with Crippen molar-refractivity contribution in [2.45, 2.75) is 0 Å². The molecule has 2 rings (SSSR count). The molecule has 2 aromatic rings. The van der Waals surface area contributed by atoms with Gasteiger partial charge in [0.1, 0.15) is 0 Å². The minimum Gasteiger partial charge on any atom is -0.233 e. The first kappa shape index (κ1) is 8.44. The molecule has 2 aromatic heterocycles. The van der Waals surface area contributed by atoms with Crippen LogP contribution in [0.5, 0.6) is 0 Å². The Hall–Kier alpha value is -0.160. The minimum absolute atomic E-state index is 0.537. The van der Waals surface area contributed by atoms with Gasteiger partial charge in [-0.1, -0.05) is 23.2 Å².